The molecule has 1 aliphatic heterocycles. The minimum absolute atomic E-state index is 0.0181. The van der Waals surface area contributed by atoms with Gasteiger partial charge in [0.05, 0.1) is 6.42 Å². The summed E-state index contributed by atoms with van der Waals surface area (Å²) < 4.78 is 5.46. The largest absolute Gasteiger partial charge is 0.444 e. The quantitative estimate of drug-likeness (QED) is 0.672. The van der Waals surface area contributed by atoms with Gasteiger partial charge in [-0.1, -0.05) is 42.5 Å². The predicted octanol–water partition coefficient (Wildman–Crippen LogP) is 3.04. The van der Waals surface area contributed by atoms with E-state index in [0.29, 0.717) is 24.6 Å². The summed E-state index contributed by atoms with van der Waals surface area (Å²) in [5.41, 5.74) is 3.08. The average molecular weight is 375 g/mol. The summed E-state index contributed by atoms with van der Waals surface area (Å²) in [7, 11) is 0. The van der Waals surface area contributed by atoms with E-state index >= 15 is 0 Å². The van der Waals surface area contributed by atoms with Gasteiger partial charge in [0.25, 0.3) is 5.91 Å². The van der Waals surface area contributed by atoms with Gasteiger partial charge in [-0.25, -0.2) is 4.98 Å². The van der Waals surface area contributed by atoms with Crippen molar-refractivity contribution in [2.45, 2.75) is 25.9 Å². The summed E-state index contributed by atoms with van der Waals surface area (Å²) in [4.78, 5) is 30.2. The van der Waals surface area contributed by atoms with Crippen molar-refractivity contribution in [3.63, 3.8) is 0 Å². The maximum absolute atomic E-state index is 12.2. The van der Waals surface area contributed by atoms with Crippen LogP contribution in [0.3, 0.4) is 0 Å². The Labute approximate surface area is 163 Å². The van der Waals surface area contributed by atoms with Gasteiger partial charge in [-0.3, -0.25) is 9.59 Å². The van der Waals surface area contributed by atoms with Gasteiger partial charge >= 0.3 is 0 Å². The number of carbonyl (C=O) groups is 2. The number of benzene rings is 2. The van der Waals surface area contributed by atoms with Crippen LogP contribution in [-0.2, 0) is 17.8 Å². The van der Waals surface area contributed by atoms with Crippen LogP contribution in [0.2, 0.25) is 0 Å². The number of carbonyl (C=O) groups excluding carboxylic acids is 2. The third-order valence-corrected chi connectivity index (χ3v) is 4.74. The lowest BCUT2D eigenvalue weighted by atomic mass is 10.1. The molecule has 1 unspecified atom stereocenters. The van der Waals surface area contributed by atoms with E-state index in [0.717, 1.165) is 23.2 Å². The SMILES string of the molecule is CC1CN1C(=O)c1coc(-c2ccc(CNC(=O)Cc3ccccc3)cc2)n1. The maximum Gasteiger partial charge on any atom is 0.276 e. The monoisotopic (exact) mass is 375 g/mol. The molecule has 1 N–H and O–H groups in total. The van der Waals surface area contributed by atoms with Gasteiger partial charge in [0.1, 0.15) is 6.26 Å². The van der Waals surface area contributed by atoms with Crippen molar-refractivity contribution < 1.29 is 14.0 Å². The Morgan fingerprint density at radius 3 is 2.50 bits per heavy atom. The second kappa shape index (κ2) is 7.68. The highest BCUT2D eigenvalue weighted by atomic mass is 16.3. The van der Waals surface area contributed by atoms with Gasteiger partial charge in [-0.05, 0) is 30.2 Å². The molecule has 0 saturated carbocycles. The molecule has 1 fully saturated rings. The Morgan fingerprint density at radius 2 is 1.82 bits per heavy atom. The molecule has 2 amide bonds. The number of amides is 2. The topological polar surface area (TPSA) is 75.2 Å². The first-order chi connectivity index (χ1) is 13.6. The number of nitrogens with one attached hydrogen (secondary N) is 1. The van der Waals surface area contributed by atoms with Crippen LogP contribution in [0.25, 0.3) is 11.5 Å². The molecule has 4 rings (SSSR count). The van der Waals surface area contributed by atoms with Crippen LogP contribution in [-0.4, -0.2) is 34.3 Å². The molecule has 0 spiro atoms. The fraction of sp³-hybridized carbons (Fsp3) is 0.227. The van der Waals surface area contributed by atoms with E-state index in [4.69, 9.17) is 4.42 Å². The number of hydrogen-bond donors (Lipinski definition) is 1. The van der Waals surface area contributed by atoms with E-state index in [9.17, 15) is 9.59 Å². The molecule has 3 aromatic rings. The van der Waals surface area contributed by atoms with Gasteiger partial charge in [0.15, 0.2) is 5.69 Å². The molecule has 2 aromatic carbocycles. The van der Waals surface area contributed by atoms with E-state index in [1.54, 1.807) is 4.90 Å². The fourth-order valence-corrected chi connectivity index (χ4v) is 2.98. The minimum Gasteiger partial charge on any atom is -0.444 e. The minimum atomic E-state index is -0.0970. The second-order valence-electron chi connectivity index (χ2n) is 6.98. The van der Waals surface area contributed by atoms with Gasteiger partial charge in [-0.2, -0.15) is 0 Å². The highest BCUT2D eigenvalue weighted by Gasteiger charge is 2.36. The number of rotatable bonds is 6. The molecule has 2 heterocycles. The standard InChI is InChI=1S/C22H21N3O3/c1-15-13-25(15)22(27)19-14-28-21(24-19)18-9-7-17(8-10-18)12-23-20(26)11-16-5-3-2-4-6-16/h2-10,14-15H,11-13H2,1H3,(H,23,26). The summed E-state index contributed by atoms with van der Waals surface area (Å²) in [5.74, 6) is 0.299. The lowest BCUT2D eigenvalue weighted by molar-refractivity contribution is -0.120. The molecule has 0 bridgehead atoms. The number of aromatic nitrogens is 1. The molecule has 0 radical (unpaired) electrons. The Hall–Kier alpha value is -3.41. The first-order valence-electron chi connectivity index (χ1n) is 9.26. The molecular weight excluding hydrogens is 354 g/mol. The molecular formula is C22H21N3O3. The first-order valence-corrected chi connectivity index (χ1v) is 9.26. The maximum atomic E-state index is 12.2. The van der Waals surface area contributed by atoms with E-state index in [2.05, 4.69) is 10.3 Å². The molecule has 6 nitrogen and oxygen atoms in total. The third kappa shape index (κ3) is 4.11. The van der Waals surface area contributed by atoms with Crippen LogP contribution in [0.5, 0.6) is 0 Å². The van der Waals surface area contributed by atoms with E-state index < -0.39 is 0 Å². The Bertz CT molecular complexity index is 980. The van der Waals surface area contributed by atoms with Crippen molar-refractivity contribution in [2.24, 2.45) is 0 Å². The van der Waals surface area contributed by atoms with Crippen LogP contribution >= 0.6 is 0 Å². The first kappa shape index (κ1) is 18.0. The smallest absolute Gasteiger partial charge is 0.276 e. The van der Waals surface area contributed by atoms with Crippen molar-refractivity contribution in [3.05, 3.63) is 77.7 Å². The summed E-state index contributed by atoms with van der Waals surface area (Å²) in [6.45, 7) is 3.22. The molecule has 6 heteroatoms. The number of hydrogen-bond acceptors (Lipinski definition) is 4. The van der Waals surface area contributed by atoms with Gasteiger partial charge < -0.3 is 14.6 Å². The highest BCUT2D eigenvalue weighted by molar-refractivity contribution is 5.94. The van der Waals surface area contributed by atoms with Crippen molar-refractivity contribution in [2.75, 3.05) is 6.54 Å². The third-order valence-electron chi connectivity index (χ3n) is 4.74. The second-order valence-corrected chi connectivity index (χ2v) is 6.98. The van der Waals surface area contributed by atoms with Crippen LogP contribution in [0.1, 0.15) is 28.5 Å². The Morgan fingerprint density at radius 1 is 1.11 bits per heavy atom. The van der Waals surface area contributed by atoms with Crippen LogP contribution in [0, 0.1) is 0 Å². The van der Waals surface area contributed by atoms with Crippen molar-refractivity contribution in [1.29, 1.82) is 0 Å². The van der Waals surface area contributed by atoms with E-state index in [1.165, 1.54) is 6.26 Å². The lowest BCUT2D eigenvalue weighted by Gasteiger charge is -2.06. The molecule has 1 atom stereocenters. The van der Waals surface area contributed by atoms with Crippen molar-refractivity contribution in [1.82, 2.24) is 15.2 Å². The Balaban J connectivity index is 1.33. The molecule has 1 saturated heterocycles. The summed E-state index contributed by atoms with van der Waals surface area (Å²) in [5, 5.41) is 2.92. The van der Waals surface area contributed by atoms with Crippen molar-refractivity contribution >= 4 is 11.8 Å². The molecule has 1 aromatic heterocycles. The van der Waals surface area contributed by atoms with E-state index in [-0.39, 0.29) is 17.9 Å². The zero-order valence-corrected chi connectivity index (χ0v) is 15.6. The average Bonchev–Trinajstić information content (AvgIpc) is 3.25. The summed E-state index contributed by atoms with van der Waals surface area (Å²) in [6.07, 6.45) is 1.77. The van der Waals surface area contributed by atoms with E-state index in [1.807, 2.05) is 61.5 Å². The highest BCUT2D eigenvalue weighted by Crippen LogP contribution is 2.23. The van der Waals surface area contributed by atoms with Gasteiger partial charge in [-0.15, -0.1) is 0 Å². The van der Waals surface area contributed by atoms with Crippen LogP contribution in [0.15, 0.2) is 65.3 Å². The molecule has 1 aliphatic rings. The number of nitrogens with zero attached hydrogens (tertiary/aromatic N) is 2. The molecule has 142 valence electrons. The van der Waals surface area contributed by atoms with Crippen LogP contribution in [0.4, 0.5) is 0 Å². The zero-order valence-electron chi connectivity index (χ0n) is 15.6. The molecule has 28 heavy (non-hydrogen) atoms. The van der Waals surface area contributed by atoms with Gasteiger partial charge in [0.2, 0.25) is 11.8 Å². The fourth-order valence-electron chi connectivity index (χ4n) is 2.98. The summed E-state index contributed by atoms with van der Waals surface area (Å²) in [6, 6.07) is 17.5. The lowest BCUT2D eigenvalue weighted by Crippen LogP contribution is -2.24. The molecule has 0 aliphatic carbocycles. The summed E-state index contributed by atoms with van der Waals surface area (Å²) >= 11 is 0. The Kier molecular flexibility index (Phi) is 4.93. The predicted molar refractivity (Wildman–Crippen MR) is 104 cm³/mol. The van der Waals surface area contributed by atoms with Crippen molar-refractivity contribution in [3.8, 4) is 11.5 Å². The zero-order chi connectivity index (χ0) is 19.5. The van der Waals surface area contributed by atoms with Gasteiger partial charge in [0, 0.05) is 24.7 Å². The number of oxazole rings is 1. The normalized spacial score (nSPS) is 15.3. The van der Waals surface area contributed by atoms with Crippen LogP contribution < -0.4 is 5.32 Å².